The quantitative estimate of drug-likeness (QED) is 0.681. The van der Waals surface area contributed by atoms with Crippen molar-refractivity contribution in [2.24, 2.45) is 5.92 Å². The normalized spacial score (nSPS) is 24.7. The minimum absolute atomic E-state index is 0.00148. The fourth-order valence-electron chi connectivity index (χ4n) is 1.22. The van der Waals surface area contributed by atoms with Gasteiger partial charge in [-0.2, -0.15) is 0 Å². The predicted octanol–water partition coefficient (Wildman–Crippen LogP) is 0.136. The number of nitrogens with one attached hydrogen (secondary N) is 2. The Morgan fingerprint density at radius 3 is 2.71 bits per heavy atom. The Kier molecular flexibility index (Phi) is 4.35. The summed E-state index contributed by atoms with van der Waals surface area (Å²) in [6, 6.07) is 0.202. The Hall–Kier alpha value is -0.610. The molecule has 1 heterocycles. The summed E-state index contributed by atoms with van der Waals surface area (Å²) in [5, 5.41) is 6.08. The molecule has 1 unspecified atom stereocenters. The van der Waals surface area contributed by atoms with E-state index in [2.05, 4.69) is 24.5 Å². The van der Waals surface area contributed by atoms with Crippen molar-refractivity contribution in [1.29, 1.82) is 0 Å². The molecule has 0 aromatic rings. The molecule has 0 radical (unpaired) electrons. The molecular formula is C10H20N2O2. The van der Waals surface area contributed by atoms with Crippen LogP contribution in [0.4, 0.5) is 0 Å². The van der Waals surface area contributed by atoms with Crippen LogP contribution >= 0.6 is 0 Å². The van der Waals surface area contributed by atoms with E-state index >= 15 is 0 Å². The fraction of sp³-hybridized carbons (Fsp3) is 0.900. The monoisotopic (exact) mass is 200 g/mol. The summed E-state index contributed by atoms with van der Waals surface area (Å²) in [4.78, 5) is 11.6. The van der Waals surface area contributed by atoms with E-state index in [0.29, 0.717) is 19.1 Å². The van der Waals surface area contributed by atoms with E-state index in [-0.39, 0.29) is 18.1 Å². The van der Waals surface area contributed by atoms with Gasteiger partial charge in [-0.25, -0.2) is 0 Å². The van der Waals surface area contributed by atoms with Crippen LogP contribution in [-0.2, 0) is 9.53 Å². The number of rotatable bonds is 3. The van der Waals surface area contributed by atoms with Crippen LogP contribution in [0.15, 0.2) is 0 Å². The third kappa shape index (κ3) is 3.27. The number of morpholine rings is 1. The highest BCUT2D eigenvalue weighted by Gasteiger charge is 2.23. The molecule has 1 rings (SSSR count). The topological polar surface area (TPSA) is 50.4 Å². The van der Waals surface area contributed by atoms with Crippen LogP contribution < -0.4 is 10.6 Å². The van der Waals surface area contributed by atoms with Crippen LogP contribution in [-0.4, -0.2) is 37.7 Å². The minimum atomic E-state index is -0.315. The van der Waals surface area contributed by atoms with E-state index in [1.165, 1.54) is 0 Å². The molecule has 0 saturated carbocycles. The lowest BCUT2D eigenvalue weighted by atomic mass is 10.1. The molecule has 0 aliphatic carbocycles. The van der Waals surface area contributed by atoms with E-state index in [9.17, 15) is 4.79 Å². The fourth-order valence-corrected chi connectivity index (χ4v) is 1.22. The van der Waals surface area contributed by atoms with Crippen LogP contribution in [0, 0.1) is 5.92 Å². The summed E-state index contributed by atoms with van der Waals surface area (Å²) in [7, 11) is 0. The summed E-state index contributed by atoms with van der Waals surface area (Å²) < 4.78 is 5.35. The van der Waals surface area contributed by atoms with Crippen LogP contribution in [0.25, 0.3) is 0 Å². The lowest BCUT2D eigenvalue weighted by molar-refractivity contribution is -0.135. The maximum atomic E-state index is 11.6. The lowest BCUT2D eigenvalue weighted by Crippen LogP contribution is -2.50. The molecule has 4 nitrogen and oxygen atoms in total. The van der Waals surface area contributed by atoms with Gasteiger partial charge in [-0.3, -0.25) is 4.79 Å². The average Bonchev–Trinajstić information content (AvgIpc) is 2.19. The molecule has 1 fully saturated rings. The summed E-state index contributed by atoms with van der Waals surface area (Å²) in [5.41, 5.74) is 0. The Balaban J connectivity index is 2.33. The average molecular weight is 200 g/mol. The van der Waals surface area contributed by atoms with Crippen molar-refractivity contribution in [1.82, 2.24) is 10.6 Å². The summed E-state index contributed by atoms with van der Waals surface area (Å²) in [6.07, 6.45) is -0.315. The van der Waals surface area contributed by atoms with Gasteiger partial charge in [0.1, 0.15) is 6.10 Å². The van der Waals surface area contributed by atoms with Crippen molar-refractivity contribution in [3.8, 4) is 0 Å². The number of carbonyl (C=O) groups is 1. The first-order chi connectivity index (χ1) is 6.61. The van der Waals surface area contributed by atoms with Gasteiger partial charge in [0, 0.05) is 19.1 Å². The third-order valence-electron chi connectivity index (χ3n) is 2.59. The Bertz CT molecular complexity index is 189. The number of hydrogen-bond acceptors (Lipinski definition) is 3. The van der Waals surface area contributed by atoms with Crippen LogP contribution in [0.1, 0.15) is 20.8 Å². The van der Waals surface area contributed by atoms with E-state index < -0.39 is 0 Å². The van der Waals surface area contributed by atoms with Gasteiger partial charge in [0.15, 0.2) is 0 Å². The molecule has 1 aliphatic rings. The molecule has 14 heavy (non-hydrogen) atoms. The maximum absolute atomic E-state index is 11.6. The van der Waals surface area contributed by atoms with Crippen molar-refractivity contribution in [3.63, 3.8) is 0 Å². The zero-order valence-corrected chi connectivity index (χ0v) is 9.17. The second-order valence-electron chi connectivity index (χ2n) is 4.10. The zero-order chi connectivity index (χ0) is 10.6. The van der Waals surface area contributed by atoms with Crippen LogP contribution in [0.3, 0.4) is 0 Å². The molecule has 0 aromatic carbocycles. The van der Waals surface area contributed by atoms with E-state index in [4.69, 9.17) is 4.74 Å². The lowest BCUT2D eigenvalue weighted by Gasteiger charge is -2.25. The molecular weight excluding hydrogens is 180 g/mol. The van der Waals surface area contributed by atoms with Gasteiger partial charge in [0.25, 0.3) is 5.91 Å². The third-order valence-corrected chi connectivity index (χ3v) is 2.59. The van der Waals surface area contributed by atoms with Gasteiger partial charge >= 0.3 is 0 Å². The van der Waals surface area contributed by atoms with Gasteiger partial charge < -0.3 is 15.4 Å². The molecule has 4 heteroatoms. The summed E-state index contributed by atoms with van der Waals surface area (Å²) in [5.74, 6) is 0.453. The highest BCUT2D eigenvalue weighted by molar-refractivity contribution is 5.81. The van der Waals surface area contributed by atoms with Gasteiger partial charge in [0.05, 0.1) is 6.61 Å². The van der Waals surface area contributed by atoms with Crippen molar-refractivity contribution in [2.45, 2.75) is 32.9 Å². The van der Waals surface area contributed by atoms with Crippen molar-refractivity contribution in [2.75, 3.05) is 19.7 Å². The molecule has 1 aliphatic heterocycles. The number of hydrogen-bond donors (Lipinski definition) is 2. The standard InChI is InChI=1S/C10H20N2O2/c1-7(2)8(3)12-10(13)9-6-11-4-5-14-9/h7-9,11H,4-6H2,1-3H3,(H,12,13)/t8?,9-/m0/s1. The van der Waals surface area contributed by atoms with E-state index in [1.807, 2.05) is 6.92 Å². The maximum Gasteiger partial charge on any atom is 0.250 e. The molecule has 0 bridgehead atoms. The van der Waals surface area contributed by atoms with E-state index in [1.54, 1.807) is 0 Å². The number of carbonyl (C=O) groups excluding carboxylic acids is 1. The number of ether oxygens (including phenoxy) is 1. The molecule has 82 valence electrons. The summed E-state index contributed by atoms with van der Waals surface area (Å²) >= 11 is 0. The zero-order valence-electron chi connectivity index (χ0n) is 9.17. The summed E-state index contributed by atoms with van der Waals surface area (Å²) in [6.45, 7) is 8.27. The molecule has 0 spiro atoms. The minimum Gasteiger partial charge on any atom is -0.366 e. The van der Waals surface area contributed by atoms with Gasteiger partial charge in [0.2, 0.25) is 0 Å². The van der Waals surface area contributed by atoms with Crippen molar-refractivity contribution in [3.05, 3.63) is 0 Å². The molecule has 2 atom stereocenters. The van der Waals surface area contributed by atoms with Gasteiger partial charge in [-0.15, -0.1) is 0 Å². The highest BCUT2D eigenvalue weighted by atomic mass is 16.5. The second kappa shape index (κ2) is 5.32. The predicted molar refractivity (Wildman–Crippen MR) is 55.1 cm³/mol. The van der Waals surface area contributed by atoms with Gasteiger partial charge in [-0.05, 0) is 12.8 Å². The van der Waals surface area contributed by atoms with Crippen molar-refractivity contribution < 1.29 is 9.53 Å². The Morgan fingerprint density at radius 2 is 2.21 bits per heavy atom. The first kappa shape index (κ1) is 11.5. The highest BCUT2D eigenvalue weighted by Crippen LogP contribution is 2.02. The van der Waals surface area contributed by atoms with Crippen LogP contribution in [0.2, 0.25) is 0 Å². The SMILES string of the molecule is CC(C)C(C)NC(=O)[C@@H]1CNCCO1. The van der Waals surface area contributed by atoms with E-state index in [0.717, 1.165) is 6.54 Å². The molecule has 0 aromatic heterocycles. The number of amides is 1. The Labute approximate surface area is 85.4 Å². The first-order valence-corrected chi connectivity index (χ1v) is 5.24. The largest absolute Gasteiger partial charge is 0.366 e. The van der Waals surface area contributed by atoms with Gasteiger partial charge in [-0.1, -0.05) is 13.8 Å². The Morgan fingerprint density at radius 1 is 1.50 bits per heavy atom. The van der Waals surface area contributed by atoms with Crippen LogP contribution in [0.5, 0.6) is 0 Å². The molecule has 1 saturated heterocycles. The molecule has 2 N–H and O–H groups in total. The molecule has 1 amide bonds. The van der Waals surface area contributed by atoms with Crippen molar-refractivity contribution >= 4 is 5.91 Å². The second-order valence-corrected chi connectivity index (χ2v) is 4.10. The smallest absolute Gasteiger partial charge is 0.250 e. The first-order valence-electron chi connectivity index (χ1n) is 5.24.